The van der Waals surface area contributed by atoms with Crippen LogP contribution in [0.1, 0.15) is 45.1 Å². The van der Waals surface area contributed by atoms with Gasteiger partial charge < -0.3 is 10.2 Å². The number of nitrogens with zero attached hydrogens (tertiary/aromatic N) is 1. The molecule has 1 unspecified atom stereocenters. The van der Waals surface area contributed by atoms with Crippen molar-refractivity contribution >= 4 is 11.8 Å². The first kappa shape index (κ1) is 15.1. The summed E-state index contributed by atoms with van der Waals surface area (Å²) in [6.07, 6.45) is 3.57. The Morgan fingerprint density at radius 2 is 1.82 bits per heavy atom. The average Bonchev–Trinajstić information content (AvgIpc) is 2.94. The third-order valence-electron chi connectivity index (χ3n) is 4.92. The third-order valence-corrected chi connectivity index (χ3v) is 4.92. The van der Waals surface area contributed by atoms with Crippen LogP contribution in [-0.4, -0.2) is 28.3 Å². The van der Waals surface area contributed by atoms with E-state index in [-0.39, 0.29) is 23.8 Å². The van der Waals surface area contributed by atoms with Crippen LogP contribution in [0.2, 0.25) is 0 Å². The van der Waals surface area contributed by atoms with Gasteiger partial charge in [0.05, 0.1) is 0 Å². The molecule has 118 valence electrons. The zero-order chi connectivity index (χ0) is 15.7. The first-order chi connectivity index (χ1) is 10.5. The van der Waals surface area contributed by atoms with Gasteiger partial charge in [-0.05, 0) is 24.3 Å². The second-order valence-electron chi connectivity index (χ2n) is 6.89. The third kappa shape index (κ3) is 2.51. The van der Waals surface area contributed by atoms with Crippen molar-refractivity contribution in [1.29, 1.82) is 0 Å². The molecule has 4 heteroatoms. The number of nitrogens with one attached hydrogen (secondary N) is 1. The fourth-order valence-corrected chi connectivity index (χ4v) is 3.84. The summed E-state index contributed by atoms with van der Waals surface area (Å²) in [4.78, 5) is 27.6. The highest BCUT2D eigenvalue weighted by Gasteiger charge is 2.52. The van der Waals surface area contributed by atoms with Crippen molar-refractivity contribution in [2.45, 2.75) is 57.7 Å². The zero-order valence-corrected chi connectivity index (χ0v) is 13.3. The molecule has 1 spiro atoms. The molecule has 1 N–H and O–H groups in total. The molecule has 1 saturated heterocycles. The van der Waals surface area contributed by atoms with Crippen LogP contribution in [0.25, 0.3) is 0 Å². The molecule has 0 aromatic heterocycles. The first-order valence-electron chi connectivity index (χ1n) is 8.20. The van der Waals surface area contributed by atoms with Crippen LogP contribution < -0.4 is 5.32 Å². The lowest BCUT2D eigenvalue weighted by molar-refractivity contribution is -0.157. The molecule has 1 saturated carbocycles. The Hall–Kier alpha value is -1.84. The minimum absolute atomic E-state index is 0.00688. The van der Waals surface area contributed by atoms with E-state index in [1.54, 1.807) is 0 Å². The Morgan fingerprint density at radius 3 is 2.41 bits per heavy atom. The van der Waals surface area contributed by atoms with E-state index in [9.17, 15) is 9.59 Å². The normalized spacial score (nSPS) is 24.1. The van der Waals surface area contributed by atoms with Crippen LogP contribution in [0.15, 0.2) is 30.3 Å². The molecule has 2 amide bonds. The van der Waals surface area contributed by atoms with Crippen molar-refractivity contribution in [2.75, 3.05) is 0 Å². The second-order valence-corrected chi connectivity index (χ2v) is 6.89. The molecule has 1 atom stereocenters. The number of piperazine rings is 1. The number of carbonyl (C=O) groups excluding carboxylic acids is 2. The molecule has 0 radical (unpaired) electrons. The fraction of sp³-hybridized carbons (Fsp3) is 0.556. The summed E-state index contributed by atoms with van der Waals surface area (Å²) in [5.41, 5.74) is 0.432. The number of amides is 2. The molecule has 1 aliphatic carbocycles. The smallest absolute Gasteiger partial charge is 0.249 e. The average molecular weight is 300 g/mol. The summed E-state index contributed by atoms with van der Waals surface area (Å²) in [6, 6.07) is 9.56. The predicted molar refractivity (Wildman–Crippen MR) is 85.0 cm³/mol. The number of hydrogen-bond acceptors (Lipinski definition) is 2. The first-order valence-corrected chi connectivity index (χ1v) is 8.20. The highest BCUT2D eigenvalue weighted by Crippen LogP contribution is 2.36. The van der Waals surface area contributed by atoms with Gasteiger partial charge in [0.15, 0.2) is 0 Å². The van der Waals surface area contributed by atoms with Crippen LogP contribution in [0.3, 0.4) is 0 Å². The van der Waals surface area contributed by atoms with E-state index in [2.05, 4.69) is 5.32 Å². The van der Waals surface area contributed by atoms with Crippen molar-refractivity contribution < 1.29 is 9.59 Å². The lowest BCUT2D eigenvalue weighted by atomic mass is 9.87. The predicted octanol–water partition coefficient (Wildman–Crippen LogP) is 2.48. The number of hydrogen-bond donors (Lipinski definition) is 1. The van der Waals surface area contributed by atoms with Gasteiger partial charge in [0, 0.05) is 6.54 Å². The van der Waals surface area contributed by atoms with Gasteiger partial charge in [-0.15, -0.1) is 0 Å². The molecule has 1 aromatic rings. The summed E-state index contributed by atoms with van der Waals surface area (Å²) in [5, 5.41) is 3.06. The Morgan fingerprint density at radius 1 is 1.18 bits per heavy atom. The van der Waals surface area contributed by atoms with Gasteiger partial charge in [0.25, 0.3) is 0 Å². The quantitative estimate of drug-likeness (QED) is 0.932. The maximum Gasteiger partial charge on any atom is 0.249 e. The van der Waals surface area contributed by atoms with Gasteiger partial charge in [-0.2, -0.15) is 0 Å². The van der Waals surface area contributed by atoms with E-state index in [0.717, 1.165) is 31.2 Å². The van der Waals surface area contributed by atoms with Crippen LogP contribution in [-0.2, 0) is 16.1 Å². The van der Waals surface area contributed by atoms with E-state index >= 15 is 0 Å². The molecule has 0 bridgehead atoms. The van der Waals surface area contributed by atoms with Crippen LogP contribution >= 0.6 is 0 Å². The Balaban J connectivity index is 1.93. The molecule has 2 fully saturated rings. The monoisotopic (exact) mass is 300 g/mol. The van der Waals surface area contributed by atoms with Crippen molar-refractivity contribution in [2.24, 2.45) is 5.92 Å². The SMILES string of the molecule is CC(C)C1C(=O)NC2(CCCC2)C(=O)N1Cc1ccccc1. The van der Waals surface area contributed by atoms with Crippen molar-refractivity contribution in [3.8, 4) is 0 Å². The van der Waals surface area contributed by atoms with E-state index in [0.29, 0.717) is 6.54 Å². The topological polar surface area (TPSA) is 49.4 Å². The highest BCUT2D eigenvalue weighted by molar-refractivity contribution is 6.00. The summed E-state index contributed by atoms with van der Waals surface area (Å²) >= 11 is 0. The Labute approximate surface area is 131 Å². The molecular weight excluding hydrogens is 276 g/mol. The molecule has 1 aromatic carbocycles. The van der Waals surface area contributed by atoms with Gasteiger partial charge in [0.1, 0.15) is 11.6 Å². The largest absolute Gasteiger partial charge is 0.340 e. The van der Waals surface area contributed by atoms with Crippen molar-refractivity contribution in [3.63, 3.8) is 0 Å². The number of benzene rings is 1. The summed E-state index contributed by atoms with van der Waals surface area (Å²) in [7, 11) is 0. The summed E-state index contributed by atoms with van der Waals surface area (Å²) in [6.45, 7) is 4.52. The van der Waals surface area contributed by atoms with Crippen molar-refractivity contribution in [1.82, 2.24) is 10.2 Å². The zero-order valence-electron chi connectivity index (χ0n) is 13.3. The minimum atomic E-state index is -0.642. The van der Waals surface area contributed by atoms with Crippen LogP contribution in [0.4, 0.5) is 0 Å². The van der Waals surface area contributed by atoms with Gasteiger partial charge in [0.2, 0.25) is 11.8 Å². The van der Waals surface area contributed by atoms with Gasteiger partial charge >= 0.3 is 0 Å². The molecule has 22 heavy (non-hydrogen) atoms. The lowest BCUT2D eigenvalue weighted by Crippen LogP contribution is -2.70. The van der Waals surface area contributed by atoms with E-state index in [4.69, 9.17) is 0 Å². The maximum atomic E-state index is 13.1. The van der Waals surface area contributed by atoms with Crippen molar-refractivity contribution in [3.05, 3.63) is 35.9 Å². The summed E-state index contributed by atoms with van der Waals surface area (Å²) in [5.74, 6) is 0.214. The Kier molecular flexibility index (Phi) is 3.94. The van der Waals surface area contributed by atoms with Gasteiger partial charge in [-0.25, -0.2) is 0 Å². The molecule has 1 aliphatic heterocycles. The van der Waals surface area contributed by atoms with Gasteiger partial charge in [-0.3, -0.25) is 9.59 Å². The number of rotatable bonds is 3. The second kappa shape index (κ2) is 5.75. The fourth-order valence-electron chi connectivity index (χ4n) is 3.84. The van der Waals surface area contributed by atoms with Crippen LogP contribution in [0.5, 0.6) is 0 Å². The summed E-state index contributed by atoms with van der Waals surface area (Å²) < 4.78 is 0. The van der Waals surface area contributed by atoms with E-state index < -0.39 is 5.54 Å². The van der Waals surface area contributed by atoms with Crippen LogP contribution in [0, 0.1) is 5.92 Å². The molecular formula is C18H24N2O2. The van der Waals surface area contributed by atoms with Gasteiger partial charge in [-0.1, -0.05) is 57.0 Å². The van der Waals surface area contributed by atoms with E-state index in [1.807, 2.05) is 49.1 Å². The standard InChI is InChI=1S/C18H24N2O2/c1-13(2)15-16(21)19-18(10-6-7-11-18)17(22)20(15)12-14-8-4-3-5-9-14/h3-5,8-9,13,15H,6-7,10-12H2,1-2H3,(H,19,21). The molecule has 4 nitrogen and oxygen atoms in total. The molecule has 3 rings (SSSR count). The maximum absolute atomic E-state index is 13.1. The number of carbonyl (C=O) groups is 2. The molecule has 1 heterocycles. The highest BCUT2D eigenvalue weighted by atomic mass is 16.2. The Bertz CT molecular complexity index is 562. The lowest BCUT2D eigenvalue weighted by Gasteiger charge is -2.46. The van der Waals surface area contributed by atoms with E-state index in [1.165, 1.54) is 0 Å². The molecule has 2 aliphatic rings. The minimum Gasteiger partial charge on any atom is -0.340 e.